The quantitative estimate of drug-likeness (QED) is 0.269. The molecule has 11 heteroatoms. The molecule has 0 bridgehead atoms. The van der Waals surface area contributed by atoms with Gasteiger partial charge in [0.2, 0.25) is 11.8 Å². The Morgan fingerprint density at radius 1 is 1.12 bits per heavy atom. The largest absolute Gasteiger partial charge is 0.493 e. The fourth-order valence-corrected chi connectivity index (χ4v) is 5.80. The van der Waals surface area contributed by atoms with Gasteiger partial charge in [0.05, 0.1) is 38.4 Å². The average Bonchev–Trinajstić information content (AvgIpc) is 3.61. The molecule has 2 aliphatic rings. The van der Waals surface area contributed by atoms with Gasteiger partial charge in [0.1, 0.15) is 11.6 Å². The Bertz CT molecular complexity index is 1230. The Labute approximate surface area is 251 Å². The van der Waals surface area contributed by atoms with Crippen molar-refractivity contribution in [1.29, 1.82) is 0 Å². The first kappa shape index (κ1) is 32.6. The third-order valence-electron chi connectivity index (χ3n) is 8.21. The van der Waals surface area contributed by atoms with E-state index in [2.05, 4.69) is 17.6 Å². The van der Waals surface area contributed by atoms with Gasteiger partial charge >= 0.3 is 0 Å². The first-order valence-electron chi connectivity index (χ1n) is 15.0. The SMILES string of the molecule is CCCCO[C@H]1CN[C@@H]([C@@H](O)[C@H](Cc2cc(F)cc(F)c2)NC(=O)C2CC(=O)N(CCc3ccc(OC)c(OC)c3)C2)C1. The molecule has 0 saturated carbocycles. The van der Waals surface area contributed by atoms with E-state index >= 15 is 0 Å². The molecule has 0 spiro atoms. The van der Waals surface area contributed by atoms with Gasteiger partial charge in [0.25, 0.3) is 0 Å². The zero-order valence-corrected chi connectivity index (χ0v) is 25.1. The van der Waals surface area contributed by atoms with Crippen molar-refractivity contribution >= 4 is 11.8 Å². The normalized spacial score (nSPS) is 21.6. The number of hydrogen-bond acceptors (Lipinski definition) is 7. The van der Waals surface area contributed by atoms with Gasteiger partial charge < -0.3 is 34.9 Å². The fraction of sp³-hybridized carbons (Fsp3) is 0.562. The number of nitrogens with one attached hydrogen (secondary N) is 2. The molecule has 5 atom stereocenters. The number of methoxy groups -OCH3 is 2. The number of carbonyl (C=O) groups excluding carboxylic acids is 2. The highest BCUT2D eigenvalue weighted by Crippen LogP contribution is 2.28. The summed E-state index contributed by atoms with van der Waals surface area (Å²) in [5.41, 5.74) is 1.28. The molecule has 0 aliphatic carbocycles. The Morgan fingerprint density at radius 2 is 1.86 bits per heavy atom. The van der Waals surface area contributed by atoms with Crippen LogP contribution in [0.1, 0.15) is 43.7 Å². The van der Waals surface area contributed by atoms with Crippen LogP contribution in [0.2, 0.25) is 0 Å². The molecule has 3 N–H and O–H groups in total. The van der Waals surface area contributed by atoms with E-state index in [0.717, 1.165) is 24.5 Å². The zero-order chi connectivity index (χ0) is 30.9. The molecule has 43 heavy (non-hydrogen) atoms. The lowest BCUT2D eigenvalue weighted by Crippen LogP contribution is -2.53. The van der Waals surface area contributed by atoms with E-state index in [9.17, 15) is 23.5 Å². The zero-order valence-electron chi connectivity index (χ0n) is 25.1. The van der Waals surface area contributed by atoms with Crippen LogP contribution in [0.25, 0.3) is 0 Å². The summed E-state index contributed by atoms with van der Waals surface area (Å²) >= 11 is 0. The van der Waals surface area contributed by atoms with E-state index in [1.54, 1.807) is 19.1 Å². The van der Waals surface area contributed by atoms with Crippen molar-refractivity contribution in [1.82, 2.24) is 15.5 Å². The van der Waals surface area contributed by atoms with Crippen LogP contribution in [0.4, 0.5) is 8.78 Å². The molecule has 9 nitrogen and oxygen atoms in total. The van der Waals surface area contributed by atoms with Gasteiger partial charge in [-0.15, -0.1) is 0 Å². The number of ether oxygens (including phenoxy) is 3. The second-order valence-corrected chi connectivity index (χ2v) is 11.4. The number of unbranched alkanes of at least 4 members (excludes halogenated alkanes) is 1. The summed E-state index contributed by atoms with van der Waals surface area (Å²) in [7, 11) is 3.13. The standard InChI is InChI=1S/C32H43F2N3O6/c1-4-5-10-43-25-17-26(35-18-25)31(39)27(13-21-11-23(33)16-24(34)12-21)36-32(40)22-15-30(38)37(19-22)9-8-20-6-7-28(41-2)29(14-20)42-3/h6-7,11-12,14,16,22,25-27,31,35,39H,4-5,8-10,13,15,17-19H2,1-3H3,(H,36,40)/t22?,25-,26-,27+,31-/m1/s1. The van der Waals surface area contributed by atoms with Crippen molar-refractivity contribution in [2.45, 2.75) is 69.7 Å². The lowest BCUT2D eigenvalue weighted by Gasteiger charge is -2.29. The van der Waals surface area contributed by atoms with E-state index in [1.807, 2.05) is 18.2 Å². The van der Waals surface area contributed by atoms with Crippen LogP contribution in [0, 0.1) is 17.6 Å². The summed E-state index contributed by atoms with van der Waals surface area (Å²) in [6.45, 7) is 3.95. The highest BCUT2D eigenvalue weighted by molar-refractivity contribution is 5.89. The number of nitrogens with zero attached hydrogens (tertiary/aromatic N) is 1. The summed E-state index contributed by atoms with van der Waals surface area (Å²) in [5.74, 6) is -1.37. The smallest absolute Gasteiger partial charge is 0.225 e. The minimum absolute atomic E-state index is 0.0187. The molecule has 0 radical (unpaired) electrons. The maximum absolute atomic E-state index is 14.0. The summed E-state index contributed by atoms with van der Waals surface area (Å²) in [6.07, 6.45) is 2.02. The number of aliphatic hydroxyl groups is 1. The second kappa shape index (κ2) is 15.4. The molecule has 2 amide bonds. The van der Waals surface area contributed by atoms with Gasteiger partial charge in [-0.2, -0.15) is 0 Å². The van der Waals surface area contributed by atoms with Gasteiger partial charge in [-0.1, -0.05) is 19.4 Å². The van der Waals surface area contributed by atoms with Gasteiger partial charge in [0, 0.05) is 44.8 Å². The van der Waals surface area contributed by atoms with Crippen LogP contribution in [0.15, 0.2) is 36.4 Å². The Hall–Kier alpha value is -3.28. The molecule has 2 aromatic carbocycles. The number of halogens is 2. The van der Waals surface area contributed by atoms with Crippen LogP contribution in [-0.4, -0.2) is 86.6 Å². The molecular weight excluding hydrogens is 560 g/mol. The monoisotopic (exact) mass is 603 g/mol. The van der Waals surface area contributed by atoms with Crippen molar-refractivity contribution in [2.75, 3.05) is 40.5 Å². The maximum Gasteiger partial charge on any atom is 0.225 e. The van der Waals surface area contributed by atoms with E-state index in [0.29, 0.717) is 49.6 Å². The molecule has 0 aromatic heterocycles. The van der Waals surface area contributed by atoms with E-state index in [1.165, 1.54) is 12.1 Å². The topological polar surface area (TPSA) is 109 Å². The van der Waals surface area contributed by atoms with Crippen molar-refractivity contribution in [3.8, 4) is 11.5 Å². The third-order valence-corrected chi connectivity index (χ3v) is 8.21. The number of aliphatic hydroxyl groups excluding tert-OH is 1. The van der Waals surface area contributed by atoms with Crippen LogP contribution in [-0.2, 0) is 27.2 Å². The predicted molar refractivity (Wildman–Crippen MR) is 157 cm³/mol. The summed E-state index contributed by atoms with van der Waals surface area (Å²) in [5, 5.41) is 17.5. The second-order valence-electron chi connectivity index (χ2n) is 11.4. The maximum atomic E-state index is 14.0. The minimum atomic E-state index is -1.05. The number of hydrogen-bond donors (Lipinski definition) is 3. The van der Waals surface area contributed by atoms with Crippen molar-refractivity contribution in [2.24, 2.45) is 5.92 Å². The number of carbonyl (C=O) groups is 2. The predicted octanol–water partition coefficient (Wildman–Crippen LogP) is 3.01. The Balaban J connectivity index is 1.39. The summed E-state index contributed by atoms with van der Waals surface area (Å²) in [6, 6.07) is 7.54. The molecule has 2 saturated heterocycles. The molecule has 2 aliphatic heterocycles. The lowest BCUT2D eigenvalue weighted by molar-refractivity contribution is -0.129. The van der Waals surface area contributed by atoms with Gasteiger partial charge in [-0.05, 0) is 61.1 Å². The first-order chi connectivity index (χ1) is 20.7. The minimum Gasteiger partial charge on any atom is -0.493 e. The van der Waals surface area contributed by atoms with Crippen LogP contribution < -0.4 is 20.1 Å². The number of amides is 2. The molecule has 236 valence electrons. The van der Waals surface area contributed by atoms with Gasteiger partial charge in [0.15, 0.2) is 11.5 Å². The highest BCUT2D eigenvalue weighted by atomic mass is 19.1. The number of benzene rings is 2. The highest BCUT2D eigenvalue weighted by Gasteiger charge is 2.39. The summed E-state index contributed by atoms with van der Waals surface area (Å²) in [4.78, 5) is 27.9. The summed E-state index contributed by atoms with van der Waals surface area (Å²) < 4.78 is 44.5. The fourth-order valence-electron chi connectivity index (χ4n) is 5.80. The molecule has 1 unspecified atom stereocenters. The molecule has 2 fully saturated rings. The van der Waals surface area contributed by atoms with Gasteiger partial charge in [-0.25, -0.2) is 8.78 Å². The number of likely N-dealkylation sites (tertiary alicyclic amines) is 1. The van der Waals surface area contributed by atoms with Crippen molar-refractivity contribution in [3.05, 3.63) is 59.2 Å². The molecular formula is C32H43F2N3O6. The Morgan fingerprint density at radius 3 is 2.56 bits per heavy atom. The van der Waals surface area contributed by atoms with Crippen molar-refractivity contribution < 1.29 is 37.7 Å². The van der Waals surface area contributed by atoms with E-state index in [-0.39, 0.29) is 43.3 Å². The Kier molecular flexibility index (Phi) is 11.7. The third kappa shape index (κ3) is 8.87. The van der Waals surface area contributed by atoms with Gasteiger partial charge in [-0.3, -0.25) is 9.59 Å². The molecule has 2 heterocycles. The van der Waals surface area contributed by atoms with Crippen molar-refractivity contribution in [3.63, 3.8) is 0 Å². The molecule has 2 aromatic rings. The average molecular weight is 604 g/mol. The number of rotatable bonds is 15. The lowest BCUT2D eigenvalue weighted by atomic mass is 9.94. The van der Waals surface area contributed by atoms with E-state index in [4.69, 9.17) is 14.2 Å². The molecule has 4 rings (SSSR count). The first-order valence-corrected chi connectivity index (χ1v) is 15.0. The van der Waals surface area contributed by atoms with Crippen LogP contribution in [0.5, 0.6) is 11.5 Å². The van der Waals surface area contributed by atoms with E-state index < -0.39 is 29.7 Å². The van der Waals surface area contributed by atoms with Crippen LogP contribution >= 0.6 is 0 Å². The van der Waals surface area contributed by atoms with Crippen LogP contribution in [0.3, 0.4) is 0 Å².